The summed E-state index contributed by atoms with van der Waals surface area (Å²) in [4.78, 5) is 35.0. The summed E-state index contributed by atoms with van der Waals surface area (Å²) in [5.41, 5.74) is 3.09. The fourth-order valence-electron chi connectivity index (χ4n) is 4.64. The molecule has 5 rings (SSSR count). The van der Waals surface area contributed by atoms with Crippen molar-refractivity contribution in [2.45, 2.75) is 26.4 Å². The summed E-state index contributed by atoms with van der Waals surface area (Å²) in [5, 5.41) is 2.87. The van der Waals surface area contributed by atoms with Crippen LogP contribution in [-0.2, 0) is 20.9 Å². The van der Waals surface area contributed by atoms with Crippen LogP contribution < -0.4 is 14.8 Å². The normalized spacial score (nSPS) is 21.9. The molecule has 9 heteroatoms. The van der Waals surface area contributed by atoms with Gasteiger partial charge >= 0.3 is 5.97 Å². The lowest BCUT2D eigenvalue weighted by Gasteiger charge is -2.39. The number of carbonyl (C=O) groups excluding carboxylic acids is 2. The number of guanidine groups is 1. The molecule has 0 saturated carbocycles. The highest BCUT2D eigenvalue weighted by Gasteiger charge is 2.42. The maximum absolute atomic E-state index is 13.1. The predicted octanol–water partition coefficient (Wildman–Crippen LogP) is 2.25. The van der Waals surface area contributed by atoms with Gasteiger partial charge in [0.05, 0.1) is 6.61 Å². The van der Waals surface area contributed by atoms with Crippen molar-refractivity contribution in [1.82, 2.24) is 15.1 Å². The lowest BCUT2D eigenvalue weighted by Crippen LogP contribution is -2.57. The number of benzene rings is 2. The lowest BCUT2D eigenvalue weighted by molar-refractivity contribution is -0.153. The SMILES string of the molecule is CCOC(=O)[C@@H]1C(=O)NC(N2CCN(Cc3ccc4c(c3)OCO4)CC2)=N[C@@H]1c1ccc(C)cc1. The third kappa shape index (κ3) is 4.95. The van der Waals surface area contributed by atoms with Crippen LogP contribution >= 0.6 is 0 Å². The van der Waals surface area contributed by atoms with Gasteiger partial charge in [-0.2, -0.15) is 0 Å². The van der Waals surface area contributed by atoms with E-state index < -0.39 is 17.9 Å². The first-order valence-electron chi connectivity index (χ1n) is 12.0. The van der Waals surface area contributed by atoms with Gasteiger partial charge < -0.3 is 19.1 Å². The molecule has 3 aliphatic heterocycles. The van der Waals surface area contributed by atoms with Crippen molar-refractivity contribution in [3.8, 4) is 11.5 Å². The van der Waals surface area contributed by atoms with E-state index in [1.54, 1.807) is 6.92 Å². The monoisotopic (exact) mass is 478 g/mol. The Morgan fingerprint density at radius 1 is 1.09 bits per heavy atom. The zero-order valence-electron chi connectivity index (χ0n) is 20.0. The fraction of sp³-hybridized carbons (Fsp3) is 0.423. The molecule has 1 fully saturated rings. The largest absolute Gasteiger partial charge is 0.465 e. The summed E-state index contributed by atoms with van der Waals surface area (Å²) in [7, 11) is 0. The van der Waals surface area contributed by atoms with Crippen molar-refractivity contribution in [2.75, 3.05) is 39.6 Å². The molecule has 2 atom stereocenters. The van der Waals surface area contributed by atoms with E-state index in [0.29, 0.717) is 19.0 Å². The summed E-state index contributed by atoms with van der Waals surface area (Å²) >= 11 is 0. The van der Waals surface area contributed by atoms with Crippen LogP contribution in [0.25, 0.3) is 0 Å². The third-order valence-electron chi connectivity index (χ3n) is 6.57. The molecule has 2 aromatic carbocycles. The zero-order chi connectivity index (χ0) is 24.4. The van der Waals surface area contributed by atoms with E-state index >= 15 is 0 Å². The number of esters is 1. The number of ether oxygens (including phenoxy) is 3. The fourth-order valence-corrected chi connectivity index (χ4v) is 4.64. The summed E-state index contributed by atoms with van der Waals surface area (Å²) in [6.07, 6.45) is 0. The number of carbonyl (C=O) groups is 2. The van der Waals surface area contributed by atoms with Crippen molar-refractivity contribution in [3.05, 3.63) is 59.2 Å². The second-order valence-corrected chi connectivity index (χ2v) is 8.98. The van der Waals surface area contributed by atoms with Gasteiger partial charge in [0.2, 0.25) is 18.7 Å². The number of rotatable bonds is 5. The van der Waals surface area contributed by atoms with E-state index in [1.165, 1.54) is 5.56 Å². The van der Waals surface area contributed by atoms with Gasteiger partial charge in [-0.3, -0.25) is 19.8 Å². The first kappa shape index (κ1) is 23.2. The number of nitrogens with zero attached hydrogens (tertiary/aromatic N) is 3. The molecule has 0 unspecified atom stereocenters. The van der Waals surface area contributed by atoms with Gasteiger partial charge in [-0.25, -0.2) is 4.99 Å². The maximum atomic E-state index is 13.1. The van der Waals surface area contributed by atoms with E-state index in [9.17, 15) is 9.59 Å². The quantitative estimate of drug-likeness (QED) is 0.521. The molecule has 9 nitrogen and oxygen atoms in total. The molecule has 3 aliphatic rings. The highest BCUT2D eigenvalue weighted by molar-refractivity contribution is 6.08. The molecule has 2 aromatic rings. The molecule has 1 N–H and O–H groups in total. The number of amides is 1. The van der Waals surface area contributed by atoms with Crippen LogP contribution in [0.4, 0.5) is 0 Å². The van der Waals surface area contributed by atoms with Crippen LogP contribution in [0.5, 0.6) is 11.5 Å². The van der Waals surface area contributed by atoms with Gasteiger partial charge in [-0.1, -0.05) is 35.9 Å². The minimum Gasteiger partial charge on any atom is -0.465 e. The standard InChI is InChI=1S/C26H30N4O5/c1-3-33-25(32)22-23(19-7-4-17(2)5-8-19)27-26(28-24(22)31)30-12-10-29(11-13-30)15-18-6-9-20-21(14-18)35-16-34-20/h4-9,14,22-23H,3,10-13,15-16H2,1-2H3,(H,27,28,31)/t22-,23+/m0/s1. The number of nitrogens with one attached hydrogen (secondary N) is 1. The molecule has 1 saturated heterocycles. The average Bonchev–Trinajstić information content (AvgIpc) is 3.32. The molecule has 0 aromatic heterocycles. The van der Waals surface area contributed by atoms with Crippen LogP contribution in [0.3, 0.4) is 0 Å². The average molecular weight is 479 g/mol. The summed E-state index contributed by atoms with van der Waals surface area (Å²) < 4.78 is 16.1. The summed E-state index contributed by atoms with van der Waals surface area (Å²) in [5.74, 6) is 0.166. The Hall–Kier alpha value is -3.59. The Labute approximate surface area is 204 Å². The van der Waals surface area contributed by atoms with Crippen molar-refractivity contribution in [3.63, 3.8) is 0 Å². The van der Waals surface area contributed by atoms with Crippen molar-refractivity contribution in [2.24, 2.45) is 10.9 Å². The first-order valence-corrected chi connectivity index (χ1v) is 12.0. The molecule has 1 amide bonds. The number of hydrogen-bond donors (Lipinski definition) is 1. The van der Waals surface area contributed by atoms with Crippen molar-refractivity contribution < 1.29 is 23.8 Å². The van der Waals surface area contributed by atoms with E-state index in [-0.39, 0.29) is 19.3 Å². The molecule has 0 spiro atoms. The van der Waals surface area contributed by atoms with E-state index in [1.807, 2.05) is 43.3 Å². The van der Waals surface area contributed by atoms with Gasteiger partial charge in [0, 0.05) is 32.7 Å². The smallest absolute Gasteiger partial charge is 0.321 e. The Bertz CT molecular complexity index is 1130. The molecule has 184 valence electrons. The molecule has 0 radical (unpaired) electrons. The second kappa shape index (κ2) is 9.95. The summed E-state index contributed by atoms with van der Waals surface area (Å²) in [6.45, 7) is 8.09. The Morgan fingerprint density at radius 2 is 1.83 bits per heavy atom. The third-order valence-corrected chi connectivity index (χ3v) is 6.57. The maximum Gasteiger partial charge on any atom is 0.321 e. The molecule has 35 heavy (non-hydrogen) atoms. The van der Waals surface area contributed by atoms with Crippen molar-refractivity contribution in [1.29, 1.82) is 0 Å². The predicted molar refractivity (Wildman–Crippen MR) is 129 cm³/mol. The molecule has 3 heterocycles. The number of aliphatic imine (C=N–C) groups is 1. The van der Waals surface area contributed by atoms with Gasteiger partial charge in [0.1, 0.15) is 6.04 Å². The van der Waals surface area contributed by atoms with Gasteiger partial charge in [-0.15, -0.1) is 0 Å². The highest BCUT2D eigenvalue weighted by atomic mass is 16.7. The highest BCUT2D eigenvalue weighted by Crippen LogP contribution is 2.33. The van der Waals surface area contributed by atoms with Gasteiger partial charge in [-0.05, 0) is 37.1 Å². The minimum absolute atomic E-state index is 0.213. The van der Waals surface area contributed by atoms with E-state index in [4.69, 9.17) is 19.2 Å². The Morgan fingerprint density at radius 3 is 2.57 bits per heavy atom. The number of hydrogen-bond acceptors (Lipinski definition) is 8. The van der Waals surface area contributed by atoms with E-state index in [0.717, 1.165) is 42.3 Å². The molecule has 0 bridgehead atoms. The number of fused-ring (bicyclic) bond motifs is 1. The van der Waals surface area contributed by atoms with Crippen LogP contribution in [0.2, 0.25) is 0 Å². The van der Waals surface area contributed by atoms with Crippen LogP contribution in [-0.4, -0.2) is 67.2 Å². The topological polar surface area (TPSA) is 92.7 Å². The van der Waals surface area contributed by atoms with E-state index in [2.05, 4.69) is 21.2 Å². The number of aryl methyl sites for hydroxylation is 1. The number of piperazine rings is 1. The second-order valence-electron chi connectivity index (χ2n) is 8.98. The minimum atomic E-state index is -1.01. The van der Waals surface area contributed by atoms with Crippen molar-refractivity contribution >= 4 is 17.8 Å². The molecular weight excluding hydrogens is 448 g/mol. The van der Waals surface area contributed by atoms with Crippen LogP contribution in [0.15, 0.2) is 47.5 Å². The molecule has 0 aliphatic carbocycles. The van der Waals surface area contributed by atoms with Gasteiger partial charge in [0.25, 0.3) is 0 Å². The first-order chi connectivity index (χ1) is 17.0. The summed E-state index contributed by atoms with van der Waals surface area (Å²) in [6, 6.07) is 13.2. The molecular formula is C26H30N4O5. The van der Waals surface area contributed by atoms with Gasteiger partial charge in [0.15, 0.2) is 17.4 Å². The zero-order valence-corrected chi connectivity index (χ0v) is 20.0. The van der Waals surface area contributed by atoms with Crippen LogP contribution in [0.1, 0.15) is 29.7 Å². The lowest BCUT2D eigenvalue weighted by atomic mass is 9.91. The Kier molecular flexibility index (Phi) is 6.59. The van der Waals surface area contributed by atoms with Crippen LogP contribution in [0, 0.1) is 12.8 Å². The Balaban J connectivity index is 1.29.